The standard InChI is InChI=1S/C21H28N2O4/c1-21(2,3)27-20(26)15-10-12-23(13-11-15)16-6-4-14(5-7-16)17-8-9-18(24)22-19(17)25/h4-7,15,17H,8-13H2,1-3H3,(H,22,24,25). The first-order valence-electron chi connectivity index (χ1n) is 9.64. The minimum Gasteiger partial charge on any atom is -0.460 e. The SMILES string of the molecule is CC(C)(C)OC(=O)C1CCN(c2ccc(C3CCC(=O)NC3=O)cc2)CC1. The Kier molecular flexibility index (Phi) is 5.53. The van der Waals surface area contributed by atoms with Gasteiger partial charge in [-0.05, 0) is 57.7 Å². The molecule has 0 radical (unpaired) electrons. The van der Waals surface area contributed by atoms with Crippen LogP contribution in [-0.2, 0) is 19.1 Å². The van der Waals surface area contributed by atoms with Crippen LogP contribution >= 0.6 is 0 Å². The Hall–Kier alpha value is -2.37. The summed E-state index contributed by atoms with van der Waals surface area (Å²) in [5, 5.41) is 2.41. The van der Waals surface area contributed by atoms with Crippen molar-refractivity contribution in [2.75, 3.05) is 18.0 Å². The van der Waals surface area contributed by atoms with Crippen LogP contribution in [0.15, 0.2) is 24.3 Å². The van der Waals surface area contributed by atoms with Crippen molar-refractivity contribution in [2.45, 2.75) is 58.0 Å². The summed E-state index contributed by atoms with van der Waals surface area (Å²) in [6.45, 7) is 7.29. The molecule has 0 aliphatic carbocycles. The van der Waals surface area contributed by atoms with Gasteiger partial charge in [0.05, 0.1) is 11.8 Å². The number of amides is 2. The Balaban J connectivity index is 1.57. The first-order chi connectivity index (χ1) is 12.7. The highest BCUT2D eigenvalue weighted by atomic mass is 16.6. The number of esters is 1. The van der Waals surface area contributed by atoms with Crippen LogP contribution in [0.1, 0.15) is 57.9 Å². The molecule has 2 amide bonds. The fourth-order valence-electron chi connectivity index (χ4n) is 3.69. The highest BCUT2D eigenvalue weighted by molar-refractivity contribution is 6.00. The van der Waals surface area contributed by atoms with Crippen molar-refractivity contribution in [3.05, 3.63) is 29.8 Å². The number of hydrogen-bond acceptors (Lipinski definition) is 5. The van der Waals surface area contributed by atoms with Crippen molar-refractivity contribution in [1.82, 2.24) is 5.32 Å². The molecule has 2 aliphatic rings. The van der Waals surface area contributed by atoms with Gasteiger partial charge in [0.15, 0.2) is 0 Å². The molecule has 0 saturated carbocycles. The lowest BCUT2D eigenvalue weighted by molar-refractivity contribution is -0.160. The van der Waals surface area contributed by atoms with Gasteiger partial charge in [0.2, 0.25) is 11.8 Å². The molecular weight excluding hydrogens is 344 g/mol. The van der Waals surface area contributed by atoms with E-state index in [-0.39, 0.29) is 29.6 Å². The van der Waals surface area contributed by atoms with Crippen LogP contribution in [0, 0.1) is 5.92 Å². The van der Waals surface area contributed by atoms with Gasteiger partial charge < -0.3 is 9.64 Å². The maximum atomic E-state index is 12.2. The van der Waals surface area contributed by atoms with E-state index < -0.39 is 5.60 Å². The van der Waals surface area contributed by atoms with Crippen LogP contribution in [0.4, 0.5) is 5.69 Å². The molecule has 6 heteroatoms. The molecular formula is C21H28N2O4. The predicted octanol–water partition coefficient (Wildman–Crippen LogP) is 2.76. The van der Waals surface area contributed by atoms with Crippen molar-refractivity contribution in [3.63, 3.8) is 0 Å². The van der Waals surface area contributed by atoms with Gasteiger partial charge in [-0.1, -0.05) is 12.1 Å². The zero-order valence-electron chi connectivity index (χ0n) is 16.3. The van der Waals surface area contributed by atoms with E-state index in [1.165, 1.54) is 0 Å². The van der Waals surface area contributed by atoms with Crippen LogP contribution in [0.3, 0.4) is 0 Å². The summed E-state index contributed by atoms with van der Waals surface area (Å²) in [4.78, 5) is 37.8. The largest absolute Gasteiger partial charge is 0.460 e. The van der Waals surface area contributed by atoms with Crippen LogP contribution in [-0.4, -0.2) is 36.5 Å². The zero-order chi connectivity index (χ0) is 19.6. The van der Waals surface area contributed by atoms with Gasteiger partial charge in [-0.3, -0.25) is 19.7 Å². The third kappa shape index (κ3) is 4.87. The second-order valence-electron chi connectivity index (χ2n) is 8.39. The molecule has 1 aromatic rings. The maximum Gasteiger partial charge on any atom is 0.309 e. The first kappa shape index (κ1) is 19.4. The molecule has 2 fully saturated rings. The summed E-state index contributed by atoms with van der Waals surface area (Å²) in [6, 6.07) is 7.98. The highest BCUT2D eigenvalue weighted by Gasteiger charge is 2.30. The number of rotatable bonds is 3. The Morgan fingerprint density at radius 1 is 1.07 bits per heavy atom. The molecule has 146 valence electrons. The van der Waals surface area contributed by atoms with Crippen molar-refractivity contribution >= 4 is 23.5 Å². The van der Waals surface area contributed by atoms with Gasteiger partial charge in [0.25, 0.3) is 0 Å². The third-order valence-electron chi connectivity index (χ3n) is 5.13. The van der Waals surface area contributed by atoms with E-state index in [1.807, 2.05) is 45.0 Å². The van der Waals surface area contributed by atoms with E-state index >= 15 is 0 Å². The minimum absolute atomic E-state index is 0.0387. The van der Waals surface area contributed by atoms with Crippen molar-refractivity contribution in [3.8, 4) is 0 Å². The molecule has 0 aromatic heterocycles. The molecule has 0 spiro atoms. The van der Waals surface area contributed by atoms with Gasteiger partial charge in [-0.25, -0.2) is 0 Å². The van der Waals surface area contributed by atoms with Crippen molar-refractivity contribution in [2.24, 2.45) is 5.92 Å². The van der Waals surface area contributed by atoms with Gasteiger partial charge in [0, 0.05) is 25.2 Å². The van der Waals surface area contributed by atoms with Gasteiger partial charge in [0.1, 0.15) is 5.60 Å². The van der Waals surface area contributed by atoms with E-state index in [0.29, 0.717) is 12.8 Å². The topological polar surface area (TPSA) is 75.7 Å². The fourth-order valence-corrected chi connectivity index (χ4v) is 3.69. The summed E-state index contributed by atoms with van der Waals surface area (Å²) in [5.41, 5.74) is 1.58. The van der Waals surface area contributed by atoms with Crippen LogP contribution in [0.2, 0.25) is 0 Å². The van der Waals surface area contributed by atoms with E-state index in [0.717, 1.165) is 37.2 Å². The maximum absolute atomic E-state index is 12.2. The minimum atomic E-state index is -0.444. The van der Waals surface area contributed by atoms with Crippen molar-refractivity contribution < 1.29 is 19.1 Å². The zero-order valence-corrected chi connectivity index (χ0v) is 16.3. The van der Waals surface area contributed by atoms with E-state index in [2.05, 4.69) is 10.2 Å². The summed E-state index contributed by atoms with van der Waals surface area (Å²) < 4.78 is 5.50. The highest BCUT2D eigenvalue weighted by Crippen LogP contribution is 2.29. The molecule has 27 heavy (non-hydrogen) atoms. The number of ether oxygens (including phenoxy) is 1. The van der Waals surface area contributed by atoms with Gasteiger partial charge in [-0.15, -0.1) is 0 Å². The molecule has 1 atom stereocenters. The lowest BCUT2D eigenvalue weighted by Crippen LogP contribution is -2.39. The molecule has 1 aromatic carbocycles. The number of hydrogen-bond donors (Lipinski definition) is 1. The second kappa shape index (κ2) is 7.71. The fraction of sp³-hybridized carbons (Fsp3) is 0.571. The van der Waals surface area contributed by atoms with Crippen LogP contribution < -0.4 is 10.2 Å². The van der Waals surface area contributed by atoms with Gasteiger partial charge in [-0.2, -0.15) is 0 Å². The van der Waals surface area contributed by atoms with E-state index in [9.17, 15) is 14.4 Å². The molecule has 2 aliphatic heterocycles. The Morgan fingerprint density at radius 2 is 1.70 bits per heavy atom. The van der Waals surface area contributed by atoms with Crippen molar-refractivity contribution in [1.29, 1.82) is 0 Å². The molecule has 2 heterocycles. The molecule has 1 unspecified atom stereocenters. The predicted molar refractivity (Wildman–Crippen MR) is 102 cm³/mol. The average Bonchev–Trinajstić information content (AvgIpc) is 2.61. The van der Waals surface area contributed by atoms with Gasteiger partial charge >= 0.3 is 5.97 Å². The summed E-state index contributed by atoms with van der Waals surface area (Å²) in [7, 11) is 0. The summed E-state index contributed by atoms with van der Waals surface area (Å²) in [6.07, 6.45) is 2.51. The number of benzene rings is 1. The lowest BCUT2D eigenvalue weighted by Gasteiger charge is -2.34. The molecule has 1 N–H and O–H groups in total. The third-order valence-corrected chi connectivity index (χ3v) is 5.13. The Morgan fingerprint density at radius 3 is 2.26 bits per heavy atom. The molecule has 3 rings (SSSR count). The molecule has 2 saturated heterocycles. The number of piperidine rings is 2. The number of nitrogens with zero attached hydrogens (tertiary/aromatic N) is 1. The first-order valence-corrected chi connectivity index (χ1v) is 9.64. The summed E-state index contributed by atoms with van der Waals surface area (Å²) >= 11 is 0. The molecule has 0 bridgehead atoms. The van der Waals surface area contributed by atoms with E-state index in [4.69, 9.17) is 4.74 Å². The molecule has 6 nitrogen and oxygen atoms in total. The smallest absolute Gasteiger partial charge is 0.309 e. The normalized spacial score (nSPS) is 21.7. The number of carbonyl (C=O) groups excluding carboxylic acids is 3. The number of nitrogens with one attached hydrogen (secondary N) is 1. The monoisotopic (exact) mass is 372 g/mol. The lowest BCUT2D eigenvalue weighted by atomic mass is 9.90. The van der Waals surface area contributed by atoms with Crippen LogP contribution in [0.5, 0.6) is 0 Å². The Labute approximate surface area is 160 Å². The quantitative estimate of drug-likeness (QED) is 0.652. The van der Waals surface area contributed by atoms with E-state index in [1.54, 1.807) is 0 Å². The average molecular weight is 372 g/mol. The Bertz CT molecular complexity index is 713. The van der Waals surface area contributed by atoms with Crippen LogP contribution in [0.25, 0.3) is 0 Å². The second-order valence-corrected chi connectivity index (χ2v) is 8.39. The number of imide groups is 1. The number of carbonyl (C=O) groups is 3. The summed E-state index contributed by atoms with van der Waals surface area (Å²) in [5.74, 6) is -0.800. The number of anilines is 1.